The van der Waals surface area contributed by atoms with Crippen molar-refractivity contribution in [2.24, 2.45) is 10.7 Å². The van der Waals surface area contributed by atoms with Gasteiger partial charge in [0.05, 0.1) is 19.8 Å². The molecule has 0 saturated heterocycles. The topological polar surface area (TPSA) is 68.9 Å². The Morgan fingerprint density at radius 1 is 1.24 bits per heavy atom. The minimum atomic E-state index is 0.162. The average Bonchev–Trinajstić information content (AvgIpc) is 2.66. The van der Waals surface area contributed by atoms with Crippen LogP contribution < -0.4 is 20.5 Å². The summed E-state index contributed by atoms with van der Waals surface area (Å²) in [4.78, 5) is 4.46. The van der Waals surface area contributed by atoms with Gasteiger partial charge in [-0.2, -0.15) is 0 Å². The van der Waals surface area contributed by atoms with Crippen LogP contribution in [-0.4, -0.2) is 26.2 Å². The number of benzene rings is 2. The predicted octanol–water partition coefficient (Wildman–Crippen LogP) is 3.06. The zero-order valence-electron chi connectivity index (χ0n) is 14.6. The normalized spacial score (nSPS) is 16.7. The second-order valence-electron chi connectivity index (χ2n) is 6.09. The molecule has 1 aliphatic heterocycles. The molecule has 0 fully saturated rings. The van der Waals surface area contributed by atoms with Crippen LogP contribution >= 0.6 is 0 Å². The van der Waals surface area contributed by atoms with E-state index in [1.54, 1.807) is 7.11 Å². The number of para-hydroxylation sites is 1. The van der Waals surface area contributed by atoms with Crippen LogP contribution in [-0.2, 0) is 6.42 Å². The van der Waals surface area contributed by atoms with Gasteiger partial charge in [0, 0.05) is 18.5 Å². The molecule has 0 amide bonds. The van der Waals surface area contributed by atoms with Gasteiger partial charge in [-0.3, -0.25) is 4.99 Å². The van der Waals surface area contributed by atoms with E-state index >= 15 is 0 Å². The first-order chi connectivity index (χ1) is 12.3. The van der Waals surface area contributed by atoms with Crippen molar-refractivity contribution < 1.29 is 9.47 Å². The van der Waals surface area contributed by atoms with Gasteiger partial charge >= 0.3 is 0 Å². The molecular formula is C20H25N3O2. The maximum absolute atomic E-state index is 6.06. The number of nitrogens with zero attached hydrogens (tertiary/aromatic N) is 1. The lowest BCUT2D eigenvalue weighted by atomic mass is 10.0. The number of hydrogen-bond acceptors (Lipinski definition) is 3. The van der Waals surface area contributed by atoms with Gasteiger partial charge in [0.25, 0.3) is 0 Å². The highest BCUT2D eigenvalue weighted by atomic mass is 16.5. The molecule has 0 aromatic heterocycles. The Bertz CT molecular complexity index is 713. The third-order valence-electron chi connectivity index (χ3n) is 4.35. The fourth-order valence-corrected chi connectivity index (χ4v) is 2.99. The van der Waals surface area contributed by atoms with E-state index in [9.17, 15) is 0 Å². The van der Waals surface area contributed by atoms with Crippen molar-refractivity contribution in [2.75, 3.05) is 20.3 Å². The molecule has 25 heavy (non-hydrogen) atoms. The lowest BCUT2D eigenvalue weighted by Crippen LogP contribution is -2.37. The quantitative estimate of drug-likeness (QED) is 0.482. The second-order valence-corrected chi connectivity index (χ2v) is 6.09. The first-order valence-corrected chi connectivity index (χ1v) is 8.67. The van der Waals surface area contributed by atoms with Crippen LogP contribution in [0.5, 0.6) is 11.5 Å². The predicted molar refractivity (Wildman–Crippen MR) is 100 cm³/mol. The maximum atomic E-state index is 6.06. The smallest absolute Gasteiger partial charge is 0.189 e. The largest absolute Gasteiger partial charge is 0.497 e. The summed E-state index contributed by atoms with van der Waals surface area (Å²) < 4.78 is 10.8. The lowest BCUT2D eigenvalue weighted by Gasteiger charge is -2.26. The Balaban J connectivity index is 1.48. The van der Waals surface area contributed by atoms with Gasteiger partial charge in [-0.25, -0.2) is 0 Å². The van der Waals surface area contributed by atoms with E-state index in [-0.39, 0.29) is 6.04 Å². The first kappa shape index (κ1) is 17.1. The average molecular weight is 339 g/mol. The summed E-state index contributed by atoms with van der Waals surface area (Å²) in [5, 5.41) is 3.32. The summed E-state index contributed by atoms with van der Waals surface area (Å²) in [6, 6.07) is 16.4. The van der Waals surface area contributed by atoms with Crippen LogP contribution in [0.1, 0.15) is 30.0 Å². The number of fused-ring (bicyclic) bond motifs is 1. The molecule has 5 heteroatoms. The summed E-state index contributed by atoms with van der Waals surface area (Å²) in [5.74, 6) is 2.31. The van der Waals surface area contributed by atoms with Gasteiger partial charge in [-0.1, -0.05) is 30.3 Å². The summed E-state index contributed by atoms with van der Waals surface area (Å²) in [7, 11) is 1.68. The van der Waals surface area contributed by atoms with Gasteiger partial charge in [-0.15, -0.1) is 0 Å². The SMILES string of the molecule is COc1ccc(CCCN=C(N)NC2CCOc3ccccc32)cc1. The Labute approximate surface area is 148 Å². The van der Waals surface area contributed by atoms with E-state index in [0.29, 0.717) is 19.1 Å². The highest BCUT2D eigenvalue weighted by Gasteiger charge is 2.21. The maximum Gasteiger partial charge on any atom is 0.189 e. The monoisotopic (exact) mass is 339 g/mol. The summed E-state index contributed by atoms with van der Waals surface area (Å²) in [5.41, 5.74) is 8.48. The van der Waals surface area contributed by atoms with Crippen molar-refractivity contribution in [3.05, 3.63) is 59.7 Å². The molecule has 0 aliphatic carbocycles. The minimum Gasteiger partial charge on any atom is -0.497 e. The molecule has 1 aliphatic rings. The van der Waals surface area contributed by atoms with E-state index in [2.05, 4.69) is 28.5 Å². The Morgan fingerprint density at radius 3 is 2.84 bits per heavy atom. The number of nitrogens with two attached hydrogens (primary N) is 1. The van der Waals surface area contributed by atoms with Crippen LogP contribution in [0.25, 0.3) is 0 Å². The number of hydrogen-bond donors (Lipinski definition) is 2. The van der Waals surface area contributed by atoms with Crippen LogP contribution in [0, 0.1) is 0 Å². The third kappa shape index (κ3) is 4.66. The molecule has 1 atom stereocenters. The Hall–Kier alpha value is -2.69. The van der Waals surface area contributed by atoms with E-state index in [1.165, 1.54) is 5.56 Å². The van der Waals surface area contributed by atoms with Crippen molar-refractivity contribution >= 4 is 5.96 Å². The van der Waals surface area contributed by atoms with E-state index in [0.717, 1.165) is 36.3 Å². The molecule has 0 bridgehead atoms. The summed E-state index contributed by atoms with van der Waals surface area (Å²) in [6.07, 6.45) is 2.82. The number of rotatable bonds is 6. The van der Waals surface area contributed by atoms with E-state index in [1.807, 2.05) is 30.3 Å². The molecule has 3 rings (SSSR count). The summed E-state index contributed by atoms with van der Waals surface area (Å²) >= 11 is 0. The van der Waals surface area contributed by atoms with Gasteiger partial charge in [0.15, 0.2) is 5.96 Å². The van der Waals surface area contributed by atoms with Crippen LogP contribution in [0.4, 0.5) is 0 Å². The standard InChI is InChI=1S/C20H25N3O2/c1-24-16-10-8-15(9-11-16)5-4-13-22-20(21)23-18-12-14-25-19-7-3-2-6-17(18)19/h2-3,6-11,18H,4-5,12-14H2,1H3,(H3,21,22,23). The number of aryl methyl sites for hydroxylation is 1. The molecule has 1 heterocycles. The molecular weight excluding hydrogens is 314 g/mol. The van der Waals surface area contributed by atoms with Gasteiger partial charge < -0.3 is 20.5 Å². The lowest BCUT2D eigenvalue weighted by molar-refractivity contribution is 0.262. The molecule has 132 valence electrons. The Morgan fingerprint density at radius 2 is 2.04 bits per heavy atom. The molecule has 1 unspecified atom stereocenters. The zero-order valence-corrected chi connectivity index (χ0v) is 14.6. The summed E-state index contributed by atoms with van der Waals surface area (Å²) in [6.45, 7) is 1.40. The number of guanidine groups is 1. The molecule has 2 aromatic rings. The van der Waals surface area contributed by atoms with Crippen LogP contribution in [0.3, 0.4) is 0 Å². The van der Waals surface area contributed by atoms with Gasteiger partial charge in [0.2, 0.25) is 0 Å². The van der Waals surface area contributed by atoms with E-state index in [4.69, 9.17) is 15.2 Å². The molecule has 0 spiro atoms. The molecule has 5 nitrogen and oxygen atoms in total. The molecule has 3 N–H and O–H groups in total. The number of nitrogens with one attached hydrogen (secondary N) is 1. The van der Waals surface area contributed by atoms with Crippen molar-refractivity contribution in [1.29, 1.82) is 0 Å². The minimum absolute atomic E-state index is 0.162. The fraction of sp³-hybridized carbons (Fsp3) is 0.350. The third-order valence-corrected chi connectivity index (χ3v) is 4.35. The first-order valence-electron chi connectivity index (χ1n) is 8.67. The number of methoxy groups -OCH3 is 1. The van der Waals surface area contributed by atoms with Crippen LogP contribution in [0.15, 0.2) is 53.5 Å². The number of ether oxygens (including phenoxy) is 2. The molecule has 0 saturated carbocycles. The molecule has 0 radical (unpaired) electrons. The van der Waals surface area contributed by atoms with E-state index < -0.39 is 0 Å². The van der Waals surface area contributed by atoms with Crippen molar-refractivity contribution in [3.8, 4) is 11.5 Å². The van der Waals surface area contributed by atoms with Crippen molar-refractivity contribution in [3.63, 3.8) is 0 Å². The van der Waals surface area contributed by atoms with Crippen molar-refractivity contribution in [1.82, 2.24) is 5.32 Å². The Kier molecular flexibility index (Phi) is 5.77. The zero-order chi connectivity index (χ0) is 17.5. The highest BCUT2D eigenvalue weighted by Crippen LogP contribution is 2.31. The second kappa shape index (κ2) is 8.42. The van der Waals surface area contributed by atoms with Gasteiger partial charge in [-0.05, 0) is 36.6 Å². The van der Waals surface area contributed by atoms with Gasteiger partial charge in [0.1, 0.15) is 11.5 Å². The fourth-order valence-electron chi connectivity index (χ4n) is 2.99. The van der Waals surface area contributed by atoms with Crippen LogP contribution in [0.2, 0.25) is 0 Å². The molecule has 2 aromatic carbocycles. The van der Waals surface area contributed by atoms with Crippen molar-refractivity contribution in [2.45, 2.75) is 25.3 Å². The highest BCUT2D eigenvalue weighted by molar-refractivity contribution is 5.78. The number of aliphatic imine (C=N–C) groups is 1.